The smallest absolute Gasteiger partial charge is 0.171 e. The van der Waals surface area contributed by atoms with Crippen LogP contribution in [0.5, 0.6) is 0 Å². The van der Waals surface area contributed by atoms with E-state index in [-0.39, 0.29) is 0 Å². The number of hydrogen-bond acceptors (Lipinski definition) is 5. The Morgan fingerprint density at radius 1 is 1.17 bits per heavy atom. The Labute approximate surface area is 114 Å². The van der Waals surface area contributed by atoms with Crippen LogP contribution in [0.4, 0.5) is 0 Å². The predicted octanol–water partition coefficient (Wildman–Crippen LogP) is 1.40. The van der Waals surface area contributed by atoms with Crippen LogP contribution in [0.2, 0.25) is 0 Å². The van der Waals surface area contributed by atoms with Crippen molar-refractivity contribution >= 4 is 16.9 Å². The van der Waals surface area contributed by atoms with E-state index in [0.29, 0.717) is 6.04 Å². The Bertz CT molecular complexity index is 312. The van der Waals surface area contributed by atoms with Crippen molar-refractivity contribution in [2.45, 2.75) is 31.7 Å². The fraction of sp³-hybridized carbons (Fsp3) is 0.923. The second-order valence-corrected chi connectivity index (χ2v) is 6.77. The van der Waals surface area contributed by atoms with E-state index in [1.54, 1.807) is 0 Å². The molecule has 1 saturated carbocycles. The average Bonchev–Trinajstić information content (AvgIpc) is 2.41. The van der Waals surface area contributed by atoms with Crippen molar-refractivity contribution in [3.63, 3.8) is 0 Å². The number of likely N-dealkylation sites (N-methyl/N-ethyl adjacent to an activating group) is 1. The van der Waals surface area contributed by atoms with Gasteiger partial charge in [0.25, 0.3) is 0 Å². The molecule has 0 spiro atoms. The van der Waals surface area contributed by atoms with E-state index in [2.05, 4.69) is 22.4 Å². The maximum atomic E-state index is 4.93. The van der Waals surface area contributed by atoms with Gasteiger partial charge in [-0.05, 0) is 25.8 Å². The summed E-state index contributed by atoms with van der Waals surface area (Å²) in [6, 6.07) is 0.606. The van der Waals surface area contributed by atoms with Gasteiger partial charge in [-0.15, -0.1) is 0 Å². The number of amidine groups is 1. The fourth-order valence-corrected chi connectivity index (χ4v) is 4.21. The first-order valence-corrected chi connectivity index (χ1v) is 8.20. The summed E-state index contributed by atoms with van der Waals surface area (Å²) >= 11 is 1.93. The molecule has 3 aliphatic rings. The van der Waals surface area contributed by atoms with Crippen LogP contribution < -0.4 is 5.43 Å². The topological polar surface area (TPSA) is 30.9 Å². The summed E-state index contributed by atoms with van der Waals surface area (Å²) in [5.74, 6) is 2.12. The molecule has 3 rings (SSSR count). The van der Waals surface area contributed by atoms with Gasteiger partial charge in [0.05, 0.1) is 6.04 Å². The number of nitrogens with zero attached hydrogens (tertiary/aromatic N) is 3. The molecular formula is C13H24N4S. The first-order chi connectivity index (χ1) is 8.81. The molecule has 0 aromatic carbocycles. The SMILES string of the molecule is CN1CCN(NC2=NC3CCCCC3CS2)CC1. The second kappa shape index (κ2) is 5.80. The van der Waals surface area contributed by atoms with Crippen LogP contribution in [-0.2, 0) is 0 Å². The van der Waals surface area contributed by atoms with Crippen molar-refractivity contribution in [1.29, 1.82) is 0 Å². The predicted molar refractivity (Wildman–Crippen MR) is 77.8 cm³/mol. The van der Waals surface area contributed by atoms with Gasteiger partial charge < -0.3 is 4.90 Å². The molecule has 0 bridgehead atoms. The van der Waals surface area contributed by atoms with Crippen LogP contribution in [0.15, 0.2) is 4.99 Å². The quantitative estimate of drug-likeness (QED) is 0.779. The lowest BCUT2D eigenvalue weighted by atomic mass is 9.86. The Morgan fingerprint density at radius 3 is 2.78 bits per heavy atom. The van der Waals surface area contributed by atoms with Crippen molar-refractivity contribution in [2.75, 3.05) is 39.0 Å². The standard InChI is InChI=1S/C13H24N4S/c1-16-6-8-17(9-7-16)15-13-14-12-5-3-2-4-11(12)10-18-13/h11-12H,2-10H2,1H3,(H,14,15). The number of piperazine rings is 1. The third kappa shape index (κ3) is 3.00. The van der Waals surface area contributed by atoms with Crippen molar-refractivity contribution in [2.24, 2.45) is 10.9 Å². The molecule has 0 aromatic rings. The highest BCUT2D eigenvalue weighted by Gasteiger charge is 2.29. The molecule has 2 heterocycles. The van der Waals surface area contributed by atoms with Gasteiger partial charge in [-0.3, -0.25) is 10.4 Å². The number of aliphatic imine (C=N–C) groups is 1. The number of hydrazine groups is 1. The monoisotopic (exact) mass is 268 g/mol. The van der Waals surface area contributed by atoms with Crippen molar-refractivity contribution < 1.29 is 0 Å². The van der Waals surface area contributed by atoms with Gasteiger partial charge in [-0.1, -0.05) is 24.6 Å². The highest BCUT2D eigenvalue weighted by molar-refractivity contribution is 8.13. The molecule has 0 amide bonds. The number of nitrogens with one attached hydrogen (secondary N) is 1. The van der Waals surface area contributed by atoms with E-state index in [1.165, 1.54) is 36.6 Å². The Kier molecular flexibility index (Phi) is 4.11. The summed E-state index contributed by atoms with van der Waals surface area (Å²) in [5, 5.41) is 3.50. The molecule has 2 aliphatic heterocycles. The number of hydrogen-bond donors (Lipinski definition) is 1. The molecule has 2 fully saturated rings. The van der Waals surface area contributed by atoms with E-state index in [9.17, 15) is 0 Å². The highest BCUT2D eigenvalue weighted by Crippen LogP contribution is 2.33. The molecule has 102 valence electrons. The molecular weight excluding hydrogens is 244 g/mol. The van der Waals surface area contributed by atoms with Crippen LogP contribution in [0.3, 0.4) is 0 Å². The number of thioether (sulfide) groups is 1. The van der Waals surface area contributed by atoms with Gasteiger partial charge in [0, 0.05) is 31.9 Å². The first-order valence-electron chi connectivity index (χ1n) is 7.22. The second-order valence-electron chi connectivity index (χ2n) is 5.76. The van der Waals surface area contributed by atoms with Crippen LogP contribution in [0.25, 0.3) is 0 Å². The lowest BCUT2D eigenvalue weighted by molar-refractivity contribution is 0.131. The molecule has 18 heavy (non-hydrogen) atoms. The van der Waals surface area contributed by atoms with Crippen LogP contribution in [-0.4, -0.2) is 60.1 Å². The van der Waals surface area contributed by atoms with Gasteiger partial charge in [0.15, 0.2) is 5.17 Å². The Hall–Kier alpha value is -0.260. The van der Waals surface area contributed by atoms with Gasteiger partial charge in [0.1, 0.15) is 0 Å². The minimum absolute atomic E-state index is 0.606. The summed E-state index contributed by atoms with van der Waals surface area (Å²) in [6.07, 6.45) is 5.48. The normalized spacial score (nSPS) is 34.8. The zero-order chi connectivity index (χ0) is 12.4. The van der Waals surface area contributed by atoms with Gasteiger partial charge in [-0.2, -0.15) is 0 Å². The average molecular weight is 268 g/mol. The first kappa shape index (κ1) is 12.8. The van der Waals surface area contributed by atoms with E-state index in [0.717, 1.165) is 32.1 Å². The molecule has 1 aliphatic carbocycles. The number of rotatable bonds is 1. The van der Waals surface area contributed by atoms with E-state index in [1.807, 2.05) is 11.8 Å². The third-order valence-electron chi connectivity index (χ3n) is 4.34. The zero-order valence-electron chi connectivity index (χ0n) is 11.3. The maximum absolute atomic E-state index is 4.93. The van der Waals surface area contributed by atoms with Gasteiger partial charge >= 0.3 is 0 Å². The van der Waals surface area contributed by atoms with Crippen molar-refractivity contribution in [3.8, 4) is 0 Å². The molecule has 4 nitrogen and oxygen atoms in total. The lowest BCUT2D eigenvalue weighted by Crippen LogP contribution is -2.52. The fourth-order valence-electron chi connectivity index (χ4n) is 3.04. The minimum atomic E-state index is 0.606. The molecule has 2 unspecified atom stereocenters. The summed E-state index contributed by atoms with van der Waals surface area (Å²) < 4.78 is 0. The van der Waals surface area contributed by atoms with Gasteiger partial charge in [0.2, 0.25) is 0 Å². The Balaban J connectivity index is 1.55. The highest BCUT2D eigenvalue weighted by atomic mass is 32.2. The van der Waals surface area contributed by atoms with Gasteiger partial charge in [-0.25, -0.2) is 5.01 Å². The molecule has 1 N–H and O–H groups in total. The summed E-state index contributed by atoms with van der Waals surface area (Å²) in [6.45, 7) is 4.50. The Morgan fingerprint density at radius 2 is 1.94 bits per heavy atom. The van der Waals surface area contributed by atoms with Crippen LogP contribution in [0, 0.1) is 5.92 Å². The van der Waals surface area contributed by atoms with Crippen molar-refractivity contribution in [1.82, 2.24) is 15.3 Å². The van der Waals surface area contributed by atoms with E-state index < -0.39 is 0 Å². The molecule has 2 atom stereocenters. The van der Waals surface area contributed by atoms with E-state index in [4.69, 9.17) is 4.99 Å². The molecule has 0 aromatic heterocycles. The summed E-state index contributed by atoms with van der Waals surface area (Å²) in [7, 11) is 2.19. The van der Waals surface area contributed by atoms with Crippen LogP contribution in [0.1, 0.15) is 25.7 Å². The van der Waals surface area contributed by atoms with Crippen LogP contribution >= 0.6 is 11.8 Å². The number of fused-ring (bicyclic) bond motifs is 1. The van der Waals surface area contributed by atoms with Crippen molar-refractivity contribution in [3.05, 3.63) is 0 Å². The summed E-state index contributed by atoms with van der Waals surface area (Å²) in [5.41, 5.74) is 3.53. The minimum Gasteiger partial charge on any atom is -0.304 e. The van der Waals surface area contributed by atoms with E-state index >= 15 is 0 Å². The lowest BCUT2D eigenvalue weighted by Gasteiger charge is -2.36. The zero-order valence-corrected chi connectivity index (χ0v) is 12.1. The maximum Gasteiger partial charge on any atom is 0.171 e. The molecule has 1 saturated heterocycles. The molecule has 5 heteroatoms. The largest absolute Gasteiger partial charge is 0.304 e. The molecule has 0 radical (unpaired) electrons. The summed E-state index contributed by atoms with van der Waals surface area (Å²) in [4.78, 5) is 7.31. The third-order valence-corrected chi connectivity index (χ3v) is 5.41.